The number of amides is 1. The highest BCUT2D eigenvalue weighted by Gasteiger charge is 2.53. The number of aryl methyl sites for hydroxylation is 1. The van der Waals surface area contributed by atoms with Crippen molar-refractivity contribution in [3.63, 3.8) is 0 Å². The third-order valence-corrected chi connectivity index (χ3v) is 5.03. The molecule has 2 aliphatic rings. The van der Waals surface area contributed by atoms with Gasteiger partial charge in [0.15, 0.2) is 5.13 Å². The van der Waals surface area contributed by atoms with E-state index in [1.807, 2.05) is 0 Å². The highest BCUT2D eigenvalue weighted by molar-refractivity contribution is 7.17. The van der Waals surface area contributed by atoms with E-state index in [9.17, 15) is 19.5 Å². The number of anilines is 1. The van der Waals surface area contributed by atoms with Gasteiger partial charge in [0.2, 0.25) is 5.91 Å². The molecule has 1 saturated heterocycles. The molecule has 1 fully saturated rings. The Hall–Kier alpha value is -2.26. The lowest BCUT2D eigenvalue weighted by molar-refractivity contribution is -0.145. The van der Waals surface area contributed by atoms with Gasteiger partial charge in [0.1, 0.15) is 10.8 Å². The molecule has 8 nitrogen and oxygen atoms in total. The fraction of sp³-hybridized carbons (Fsp3) is 0.467. The highest BCUT2D eigenvalue weighted by atomic mass is 32.1. The Labute approximate surface area is 141 Å². The van der Waals surface area contributed by atoms with Crippen molar-refractivity contribution >= 4 is 34.3 Å². The zero-order chi connectivity index (χ0) is 17.4. The maximum Gasteiger partial charge on any atom is 0.350 e. The Kier molecular flexibility index (Phi) is 4.37. The molecule has 3 rings (SSSR count). The topological polar surface area (TPSA) is 115 Å². The summed E-state index contributed by atoms with van der Waals surface area (Å²) in [4.78, 5) is 40.2. The van der Waals surface area contributed by atoms with Gasteiger partial charge in [-0.05, 0) is 13.8 Å². The van der Waals surface area contributed by atoms with Crippen LogP contribution in [0.3, 0.4) is 0 Å². The van der Waals surface area contributed by atoms with Crippen molar-refractivity contribution in [2.75, 3.05) is 11.9 Å². The van der Waals surface area contributed by atoms with Gasteiger partial charge in [0.05, 0.1) is 30.4 Å². The number of aliphatic carboxylic acids is 1. The second-order valence-corrected chi connectivity index (χ2v) is 6.48. The smallest absolute Gasteiger partial charge is 0.350 e. The standard InChI is InChI=1S/C15H16N2O6S/c1-3-22-14(21)11-6(2)16-15(24-11)17-12(18)9-7-4-5-8(23-7)10(9)13(19)20/h4-5,7-10H,3H2,1-2H3,(H,19,20)(H,16,17,18). The molecule has 4 atom stereocenters. The number of carbonyl (C=O) groups excluding carboxylic acids is 2. The second-order valence-electron chi connectivity index (χ2n) is 5.48. The summed E-state index contributed by atoms with van der Waals surface area (Å²) >= 11 is 1.00. The van der Waals surface area contributed by atoms with E-state index >= 15 is 0 Å². The molecule has 128 valence electrons. The van der Waals surface area contributed by atoms with Gasteiger partial charge in [0, 0.05) is 0 Å². The lowest BCUT2D eigenvalue weighted by Gasteiger charge is -2.20. The Bertz CT molecular complexity index is 728. The van der Waals surface area contributed by atoms with Gasteiger partial charge in [-0.15, -0.1) is 0 Å². The summed E-state index contributed by atoms with van der Waals surface area (Å²) in [6.45, 7) is 3.58. The van der Waals surface area contributed by atoms with E-state index in [0.717, 1.165) is 11.3 Å². The summed E-state index contributed by atoms with van der Waals surface area (Å²) in [5.74, 6) is -3.81. The Morgan fingerprint density at radius 2 is 2.00 bits per heavy atom. The summed E-state index contributed by atoms with van der Waals surface area (Å²) < 4.78 is 10.4. The number of hydrogen-bond donors (Lipinski definition) is 2. The first-order valence-corrected chi connectivity index (χ1v) is 8.26. The first-order valence-electron chi connectivity index (χ1n) is 7.44. The quantitative estimate of drug-likeness (QED) is 0.605. The van der Waals surface area contributed by atoms with Gasteiger partial charge in [-0.3, -0.25) is 9.59 Å². The van der Waals surface area contributed by atoms with Crippen molar-refractivity contribution in [2.45, 2.75) is 26.1 Å². The van der Waals surface area contributed by atoms with E-state index in [0.29, 0.717) is 10.6 Å². The fourth-order valence-corrected chi connectivity index (χ4v) is 3.80. The van der Waals surface area contributed by atoms with Crippen molar-refractivity contribution in [3.8, 4) is 0 Å². The Morgan fingerprint density at radius 3 is 2.62 bits per heavy atom. The van der Waals surface area contributed by atoms with Crippen LogP contribution in [0.2, 0.25) is 0 Å². The minimum Gasteiger partial charge on any atom is -0.481 e. The molecule has 24 heavy (non-hydrogen) atoms. The SMILES string of the molecule is CCOC(=O)c1sc(NC(=O)C2C3C=CC(O3)C2C(=O)O)nc1C. The molecular weight excluding hydrogens is 336 g/mol. The Morgan fingerprint density at radius 1 is 1.33 bits per heavy atom. The average molecular weight is 352 g/mol. The first-order chi connectivity index (χ1) is 11.4. The first kappa shape index (κ1) is 16.6. The zero-order valence-corrected chi connectivity index (χ0v) is 13.8. The van der Waals surface area contributed by atoms with Crippen molar-refractivity contribution in [3.05, 3.63) is 22.7 Å². The predicted molar refractivity (Wildman–Crippen MR) is 83.9 cm³/mol. The van der Waals surface area contributed by atoms with Gasteiger partial charge in [0.25, 0.3) is 0 Å². The number of hydrogen-bond acceptors (Lipinski definition) is 7. The van der Waals surface area contributed by atoms with Gasteiger partial charge in [-0.2, -0.15) is 0 Å². The number of nitrogens with zero attached hydrogens (tertiary/aromatic N) is 1. The van der Waals surface area contributed by atoms with Crippen LogP contribution in [-0.4, -0.2) is 46.8 Å². The number of esters is 1. The molecule has 0 spiro atoms. The number of ether oxygens (including phenoxy) is 2. The molecule has 2 N–H and O–H groups in total. The number of thiazole rings is 1. The van der Waals surface area contributed by atoms with Crippen LogP contribution in [0, 0.1) is 18.8 Å². The normalized spacial score (nSPS) is 27.2. The van der Waals surface area contributed by atoms with Crippen molar-refractivity contribution in [2.24, 2.45) is 11.8 Å². The van der Waals surface area contributed by atoms with Crippen LogP contribution in [0.1, 0.15) is 22.3 Å². The van der Waals surface area contributed by atoms with Crippen molar-refractivity contribution < 1.29 is 29.0 Å². The van der Waals surface area contributed by atoms with E-state index in [2.05, 4.69) is 10.3 Å². The van der Waals surface area contributed by atoms with Crippen LogP contribution in [0.5, 0.6) is 0 Å². The van der Waals surface area contributed by atoms with E-state index in [1.54, 1.807) is 26.0 Å². The number of nitrogens with one attached hydrogen (secondary N) is 1. The molecule has 9 heteroatoms. The molecule has 1 aromatic rings. The fourth-order valence-electron chi connectivity index (χ4n) is 2.94. The molecule has 2 aliphatic heterocycles. The molecule has 0 aromatic carbocycles. The molecule has 0 aliphatic carbocycles. The van der Waals surface area contributed by atoms with Crippen LogP contribution in [0.15, 0.2) is 12.2 Å². The van der Waals surface area contributed by atoms with Gasteiger partial charge < -0.3 is 19.9 Å². The summed E-state index contributed by atoms with van der Waals surface area (Å²) in [5, 5.41) is 12.2. The van der Waals surface area contributed by atoms with Crippen LogP contribution in [-0.2, 0) is 19.1 Å². The highest BCUT2D eigenvalue weighted by Crippen LogP contribution is 2.40. The summed E-state index contributed by atoms with van der Waals surface area (Å²) in [5.41, 5.74) is 0.452. The Balaban J connectivity index is 1.76. The predicted octanol–water partition coefficient (Wildman–Crippen LogP) is 1.22. The van der Waals surface area contributed by atoms with Gasteiger partial charge >= 0.3 is 11.9 Å². The largest absolute Gasteiger partial charge is 0.481 e. The molecule has 0 saturated carbocycles. The molecular formula is C15H16N2O6S. The number of rotatable bonds is 5. The van der Waals surface area contributed by atoms with E-state index in [-0.39, 0.29) is 11.7 Å². The van der Waals surface area contributed by atoms with Gasteiger partial charge in [-0.25, -0.2) is 9.78 Å². The van der Waals surface area contributed by atoms with Crippen molar-refractivity contribution in [1.29, 1.82) is 0 Å². The summed E-state index contributed by atoms with van der Waals surface area (Å²) in [7, 11) is 0. The number of carbonyl (C=O) groups is 3. The number of aromatic nitrogens is 1. The van der Waals surface area contributed by atoms with Crippen LogP contribution < -0.4 is 5.32 Å². The number of carboxylic acid groups (broad SMARTS) is 1. The third-order valence-electron chi connectivity index (χ3n) is 3.97. The lowest BCUT2D eigenvalue weighted by atomic mass is 9.82. The third kappa shape index (κ3) is 2.80. The number of carboxylic acids is 1. The van der Waals surface area contributed by atoms with Crippen molar-refractivity contribution in [1.82, 2.24) is 4.98 Å². The van der Waals surface area contributed by atoms with Crippen LogP contribution in [0.25, 0.3) is 0 Å². The minimum atomic E-state index is -1.07. The van der Waals surface area contributed by atoms with E-state index < -0.39 is 41.9 Å². The molecule has 2 bridgehead atoms. The molecule has 0 radical (unpaired) electrons. The zero-order valence-electron chi connectivity index (χ0n) is 13.0. The minimum absolute atomic E-state index is 0.233. The molecule has 3 heterocycles. The molecule has 4 unspecified atom stereocenters. The molecule has 1 amide bonds. The number of fused-ring (bicyclic) bond motifs is 2. The average Bonchev–Trinajstić information content (AvgIpc) is 3.20. The maximum absolute atomic E-state index is 12.5. The van der Waals surface area contributed by atoms with Crippen LogP contribution in [0.4, 0.5) is 5.13 Å². The lowest BCUT2D eigenvalue weighted by Crippen LogP contribution is -2.39. The van der Waals surface area contributed by atoms with E-state index in [1.165, 1.54) is 0 Å². The monoisotopic (exact) mass is 352 g/mol. The van der Waals surface area contributed by atoms with E-state index in [4.69, 9.17) is 9.47 Å². The second kappa shape index (κ2) is 6.33. The van der Waals surface area contributed by atoms with Gasteiger partial charge in [-0.1, -0.05) is 23.5 Å². The molecule has 1 aromatic heterocycles. The van der Waals surface area contributed by atoms with Crippen LogP contribution >= 0.6 is 11.3 Å². The summed E-state index contributed by atoms with van der Waals surface area (Å²) in [6, 6.07) is 0. The maximum atomic E-state index is 12.5. The summed E-state index contributed by atoms with van der Waals surface area (Å²) in [6.07, 6.45) is 2.23.